The minimum atomic E-state index is 0. The van der Waals surface area contributed by atoms with Crippen LogP contribution in [0.3, 0.4) is 0 Å². The topological polar surface area (TPSA) is 30.9 Å². The van der Waals surface area contributed by atoms with Crippen LogP contribution >= 0.6 is 35.7 Å². The first-order chi connectivity index (χ1) is 9.74. The highest BCUT2D eigenvalue weighted by atomic mass is 127. The third-order valence-electron chi connectivity index (χ3n) is 3.80. The molecule has 1 atom stereocenters. The molecule has 0 aromatic rings. The molecule has 1 aliphatic heterocycles. The fourth-order valence-electron chi connectivity index (χ4n) is 2.56. The molecular weight excluding hydrogens is 395 g/mol. The Labute approximate surface area is 152 Å². The Morgan fingerprint density at radius 2 is 2.10 bits per heavy atom. The Balaban J connectivity index is 0.00000400. The zero-order valence-electron chi connectivity index (χ0n) is 14.1. The maximum atomic E-state index is 4.45. The molecule has 1 aliphatic rings. The van der Waals surface area contributed by atoms with E-state index in [1.807, 2.05) is 7.05 Å². The minimum absolute atomic E-state index is 0. The van der Waals surface area contributed by atoms with Crippen LogP contribution in [0.1, 0.15) is 33.6 Å². The van der Waals surface area contributed by atoms with Gasteiger partial charge in [0.1, 0.15) is 0 Å². The molecule has 1 saturated heterocycles. The van der Waals surface area contributed by atoms with Gasteiger partial charge in [0.25, 0.3) is 0 Å². The lowest BCUT2D eigenvalue weighted by Gasteiger charge is -2.34. The summed E-state index contributed by atoms with van der Waals surface area (Å²) in [5.41, 5.74) is 0. The second kappa shape index (κ2) is 12.8. The fraction of sp³-hybridized carbons (Fsp3) is 0.933. The summed E-state index contributed by atoms with van der Waals surface area (Å²) in [6, 6.07) is 0. The molecule has 1 unspecified atom stereocenters. The molecule has 0 bridgehead atoms. The molecule has 1 N–H and O–H groups in total. The van der Waals surface area contributed by atoms with Crippen molar-refractivity contribution in [1.82, 2.24) is 15.1 Å². The highest BCUT2D eigenvalue weighted by Crippen LogP contribution is 2.20. The summed E-state index contributed by atoms with van der Waals surface area (Å²) in [6.45, 7) is 13.4. The van der Waals surface area contributed by atoms with Crippen LogP contribution in [-0.4, -0.2) is 73.1 Å². The van der Waals surface area contributed by atoms with E-state index in [-0.39, 0.29) is 24.0 Å². The largest absolute Gasteiger partial charge is 0.355 e. The van der Waals surface area contributed by atoms with Gasteiger partial charge in [-0.2, -0.15) is 11.8 Å². The molecule has 0 aliphatic carbocycles. The molecule has 6 heteroatoms. The number of hydrogen-bond acceptors (Lipinski definition) is 3. The molecule has 0 spiro atoms. The average molecular weight is 428 g/mol. The number of guanidine groups is 1. The number of nitrogens with one attached hydrogen (secondary N) is 1. The van der Waals surface area contributed by atoms with Gasteiger partial charge >= 0.3 is 0 Å². The van der Waals surface area contributed by atoms with Gasteiger partial charge in [-0.1, -0.05) is 20.8 Å². The van der Waals surface area contributed by atoms with Gasteiger partial charge < -0.3 is 15.1 Å². The summed E-state index contributed by atoms with van der Waals surface area (Å²) in [6.07, 6.45) is 2.47. The smallest absolute Gasteiger partial charge is 0.193 e. The number of nitrogens with zero attached hydrogens (tertiary/aromatic N) is 3. The number of halogens is 1. The van der Waals surface area contributed by atoms with E-state index in [1.54, 1.807) is 0 Å². The number of thioether (sulfide) groups is 1. The molecular formula is C15H33IN4S. The third-order valence-corrected chi connectivity index (χ3v) is 5.18. The van der Waals surface area contributed by atoms with E-state index in [9.17, 15) is 0 Å². The van der Waals surface area contributed by atoms with Gasteiger partial charge in [-0.15, -0.1) is 24.0 Å². The number of hydrogen-bond donors (Lipinski definition) is 1. The molecule has 0 radical (unpaired) electrons. The van der Waals surface area contributed by atoms with E-state index in [1.165, 1.54) is 25.1 Å². The summed E-state index contributed by atoms with van der Waals surface area (Å²) < 4.78 is 0. The van der Waals surface area contributed by atoms with Gasteiger partial charge in [-0.05, 0) is 25.9 Å². The third kappa shape index (κ3) is 7.93. The number of aliphatic imine (C=N–C) groups is 1. The quantitative estimate of drug-likeness (QED) is 0.384. The zero-order valence-corrected chi connectivity index (χ0v) is 17.2. The van der Waals surface area contributed by atoms with Crippen LogP contribution in [0.15, 0.2) is 4.99 Å². The molecule has 1 fully saturated rings. The second-order valence-electron chi connectivity index (χ2n) is 5.26. The SMILES string of the molecule is CCCN(CC)CCNC(=NC)N1CCSC(CC)C1.I. The molecule has 4 nitrogen and oxygen atoms in total. The molecule has 126 valence electrons. The van der Waals surface area contributed by atoms with Crippen LogP contribution in [0.4, 0.5) is 0 Å². The predicted octanol–water partition coefficient (Wildman–Crippen LogP) is 2.74. The monoisotopic (exact) mass is 428 g/mol. The van der Waals surface area contributed by atoms with Crippen molar-refractivity contribution >= 4 is 41.7 Å². The van der Waals surface area contributed by atoms with Gasteiger partial charge in [0, 0.05) is 44.2 Å². The van der Waals surface area contributed by atoms with Crippen molar-refractivity contribution in [3.05, 3.63) is 0 Å². The fourth-order valence-corrected chi connectivity index (χ4v) is 3.74. The average Bonchev–Trinajstić information content (AvgIpc) is 2.50. The van der Waals surface area contributed by atoms with Gasteiger partial charge in [0.15, 0.2) is 5.96 Å². The lowest BCUT2D eigenvalue weighted by molar-refractivity contribution is 0.290. The van der Waals surface area contributed by atoms with Crippen molar-refractivity contribution in [2.75, 3.05) is 52.1 Å². The minimum Gasteiger partial charge on any atom is -0.355 e. The van der Waals surface area contributed by atoms with Crippen molar-refractivity contribution in [3.8, 4) is 0 Å². The van der Waals surface area contributed by atoms with Crippen LogP contribution in [0.2, 0.25) is 0 Å². The Morgan fingerprint density at radius 1 is 1.33 bits per heavy atom. The summed E-state index contributed by atoms with van der Waals surface area (Å²) in [4.78, 5) is 9.36. The Bertz CT molecular complexity index is 289. The summed E-state index contributed by atoms with van der Waals surface area (Å²) in [7, 11) is 1.90. The molecule has 0 saturated carbocycles. The van der Waals surface area contributed by atoms with Gasteiger partial charge in [0.05, 0.1) is 0 Å². The maximum Gasteiger partial charge on any atom is 0.193 e. The van der Waals surface area contributed by atoms with Crippen LogP contribution in [-0.2, 0) is 0 Å². The Hall–Kier alpha value is 0.310. The maximum absolute atomic E-state index is 4.45. The molecule has 0 aromatic heterocycles. The standard InChI is InChI=1S/C15H32N4S.HI/c1-5-9-18(7-3)10-8-17-15(16-4)19-11-12-20-14(6-2)13-19;/h14H,5-13H2,1-4H3,(H,16,17);1H. The van der Waals surface area contributed by atoms with Crippen molar-refractivity contribution in [1.29, 1.82) is 0 Å². The van der Waals surface area contributed by atoms with Crippen molar-refractivity contribution in [2.24, 2.45) is 4.99 Å². The van der Waals surface area contributed by atoms with E-state index in [2.05, 4.69) is 52.6 Å². The first-order valence-electron chi connectivity index (χ1n) is 8.04. The van der Waals surface area contributed by atoms with E-state index >= 15 is 0 Å². The molecule has 1 heterocycles. The molecule has 0 aromatic carbocycles. The first-order valence-corrected chi connectivity index (χ1v) is 9.09. The highest BCUT2D eigenvalue weighted by Gasteiger charge is 2.21. The Morgan fingerprint density at radius 3 is 2.67 bits per heavy atom. The molecule has 0 amide bonds. The number of rotatable bonds is 7. The van der Waals surface area contributed by atoms with Crippen LogP contribution < -0.4 is 5.32 Å². The second-order valence-corrected chi connectivity index (χ2v) is 6.66. The van der Waals surface area contributed by atoms with E-state index < -0.39 is 0 Å². The molecule has 1 rings (SSSR count). The van der Waals surface area contributed by atoms with Gasteiger partial charge in [-0.25, -0.2) is 0 Å². The normalized spacial score (nSPS) is 19.6. The lowest BCUT2D eigenvalue weighted by Crippen LogP contribution is -2.49. The van der Waals surface area contributed by atoms with Crippen molar-refractivity contribution < 1.29 is 0 Å². The summed E-state index contributed by atoms with van der Waals surface area (Å²) >= 11 is 2.10. The van der Waals surface area contributed by atoms with E-state index in [4.69, 9.17) is 0 Å². The predicted molar refractivity (Wildman–Crippen MR) is 107 cm³/mol. The van der Waals surface area contributed by atoms with Crippen molar-refractivity contribution in [2.45, 2.75) is 38.9 Å². The highest BCUT2D eigenvalue weighted by molar-refractivity contribution is 14.0. The van der Waals surface area contributed by atoms with Crippen LogP contribution in [0, 0.1) is 0 Å². The van der Waals surface area contributed by atoms with E-state index in [0.717, 1.165) is 43.9 Å². The Kier molecular flexibility index (Phi) is 13.0. The summed E-state index contributed by atoms with van der Waals surface area (Å²) in [5, 5.41) is 4.29. The summed E-state index contributed by atoms with van der Waals surface area (Å²) in [5.74, 6) is 2.30. The van der Waals surface area contributed by atoms with Crippen molar-refractivity contribution in [3.63, 3.8) is 0 Å². The number of likely N-dealkylation sites (N-methyl/N-ethyl adjacent to an activating group) is 1. The van der Waals surface area contributed by atoms with Gasteiger partial charge in [0.2, 0.25) is 0 Å². The lowest BCUT2D eigenvalue weighted by atomic mass is 10.3. The van der Waals surface area contributed by atoms with E-state index in [0.29, 0.717) is 0 Å². The molecule has 21 heavy (non-hydrogen) atoms. The zero-order chi connectivity index (χ0) is 14.8. The van der Waals surface area contributed by atoms with Crippen LogP contribution in [0.5, 0.6) is 0 Å². The first kappa shape index (κ1) is 21.3. The van der Waals surface area contributed by atoms with Crippen LogP contribution in [0.25, 0.3) is 0 Å². The van der Waals surface area contributed by atoms with Gasteiger partial charge in [-0.3, -0.25) is 4.99 Å².